The number of carbonyl (C=O) groups is 1. The second kappa shape index (κ2) is 5.28. The van der Waals surface area contributed by atoms with Gasteiger partial charge in [-0.2, -0.15) is 5.21 Å². The monoisotopic (exact) mass is 285 g/mol. The molecule has 3 aromatic rings. The SMILES string of the molecule is CC(NC(=O)c1ccc(F)c2ccccc12)c1nn[nH]n1. The summed E-state index contributed by atoms with van der Waals surface area (Å²) in [5, 5.41) is 17.2. The van der Waals surface area contributed by atoms with Crippen LogP contribution in [0, 0.1) is 5.82 Å². The van der Waals surface area contributed by atoms with E-state index in [1.165, 1.54) is 12.1 Å². The van der Waals surface area contributed by atoms with Gasteiger partial charge < -0.3 is 5.32 Å². The number of aromatic amines is 1. The van der Waals surface area contributed by atoms with Gasteiger partial charge in [-0.1, -0.05) is 29.5 Å². The average molecular weight is 285 g/mol. The van der Waals surface area contributed by atoms with Gasteiger partial charge in [0, 0.05) is 10.9 Å². The Morgan fingerprint density at radius 2 is 2.00 bits per heavy atom. The molecule has 1 heterocycles. The molecule has 21 heavy (non-hydrogen) atoms. The van der Waals surface area contributed by atoms with Gasteiger partial charge in [0.2, 0.25) is 0 Å². The molecule has 2 aromatic carbocycles. The normalized spacial score (nSPS) is 12.3. The topological polar surface area (TPSA) is 83.6 Å². The number of fused-ring (bicyclic) bond motifs is 1. The number of halogens is 1. The van der Waals surface area contributed by atoms with Gasteiger partial charge in [0.15, 0.2) is 5.82 Å². The molecule has 2 N–H and O–H groups in total. The summed E-state index contributed by atoms with van der Waals surface area (Å²) in [5.41, 5.74) is 0.405. The Bertz CT molecular complexity index is 787. The van der Waals surface area contributed by atoms with E-state index in [-0.39, 0.29) is 11.7 Å². The number of H-pyrrole nitrogens is 1. The predicted octanol–water partition coefficient (Wildman–Crippen LogP) is 1.98. The minimum atomic E-state index is -0.403. The molecule has 1 amide bonds. The maximum absolute atomic E-state index is 13.8. The zero-order valence-electron chi connectivity index (χ0n) is 11.2. The van der Waals surface area contributed by atoms with Crippen molar-refractivity contribution >= 4 is 16.7 Å². The molecule has 0 aliphatic heterocycles. The van der Waals surface area contributed by atoms with Gasteiger partial charge in [-0.05, 0) is 24.4 Å². The van der Waals surface area contributed by atoms with Crippen molar-refractivity contribution in [3.63, 3.8) is 0 Å². The molecule has 0 saturated carbocycles. The Balaban J connectivity index is 1.93. The van der Waals surface area contributed by atoms with Gasteiger partial charge in [0.05, 0.1) is 6.04 Å². The molecule has 0 aliphatic carbocycles. The van der Waals surface area contributed by atoms with Crippen LogP contribution in [0.4, 0.5) is 4.39 Å². The van der Waals surface area contributed by atoms with Gasteiger partial charge in [0.25, 0.3) is 5.91 Å². The molecule has 6 nitrogen and oxygen atoms in total. The van der Waals surface area contributed by atoms with Crippen molar-refractivity contribution in [2.45, 2.75) is 13.0 Å². The number of amides is 1. The third kappa shape index (κ3) is 2.45. The largest absolute Gasteiger partial charge is 0.342 e. The van der Waals surface area contributed by atoms with Crippen LogP contribution < -0.4 is 5.32 Å². The summed E-state index contributed by atoms with van der Waals surface area (Å²) in [6.07, 6.45) is 0. The van der Waals surface area contributed by atoms with E-state index in [2.05, 4.69) is 25.9 Å². The number of nitrogens with zero attached hydrogens (tertiary/aromatic N) is 3. The third-order valence-corrected chi connectivity index (χ3v) is 3.21. The summed E-state index contributed by atoms with van der Waals surface area (Å²) in [6, 6.07) is 9.21. The van der Waals surface area contributed by atoms with Gasteiger partial charge in [-0.3, -0.25) is 4.79 Å². The van der Waals surface area contributed by atoms with E-state index in [0.29, 0.717) is 22.2 Å². The number of hydrogen-bond donors (Lipinski definition) is 2. The van der Waals surface area contributed by atoms with E-state index in [1.54, 1.807) is 31.2 Å². The highest BCUT2D eigenvalue weighted by Crippen LogP contribution is 2.22. The van der Waals surface area contributed by atoms with Crippen LogP contribution in [0.1, 0.15) is 29.1 Å². The number of aromatic nitrogens is 4. The molecule has 0 spiro atoms. The molecule has 0 aliphatic rings. The molecule has 106 valence electrons. The number of carbonyl (C=O) groups excluding carboxylic acids is 1. The van der Waals surface area contributed by atoms with Gasteiger partial charge in [-0.25, -0.2) is 4.39 Å². The molecule has 0 fully saturated rings. The average Bonchev–Trinajstić information content (AvgIpc) is 3.02. The lowest BCUT2D eigenvalue weighted by Crippen LogP contribution is -2.27. The summed E-state index contributed by atoms with van der Waals surface area (Å²) >= 11 is 0. The second-order valence-electron chi connectivity index (χ2n) is 4.61. The van der Waals surface area contributed by atoms with Crippen LogP contribution in [0.2, 0.25) is 0 Å². The molecule has 1 aromatic heterocycles. The first-order valence-electron chi connectivity index (χ1n) is 6.38. The highest BCUT2D eigenvalue weighted by atomic mass is 19.1. The number of tetrazole rings is 1. The molecular formula is C14H12FN5O. The second-order valence-corrected chi connectivity index (χ2v) is 4.61. The van der Waals surface area contributed by atoms with E-state index in [4.69, 9.17) is 0 Å². The van der Waals surface area contributed by atoms with Crippen LogP contribution in [0.15, 0.2) is 36.4 Å². The number of nitrogens with one attached hydrogen (secondary N) is 2. The van der Waals surface area contributed by atoms with Crippen LogP contribution in [-0.2, 0) is 0 Å². The van der Waals surface area contributed by atoms with Gasteiger partial charge in [0.1, 0.15) is 5.82 Å². The Morgan fingerprint density at radius 3 is 2.71 bits per heavy atom. The first kappa shape index (κ1) is 13.2. The lowest BCUT2D eigenvalue weighted by Gasteiger charge is -2.12. The first-order valence-corrected chi connectivity index (χ1v) is 6.38. The maximum atomic E-state index is 13.8. The van der Waals surface area contributed by atoms with Gasteiger partial charge >= 0.3 is 0 Å². The number of rotatable bonds is 3. The first-order chi connectivity index (χ1) is 10.2. The fourth-order valence-corrected chi connectivity index (χ4v) is 2.15. The van der Waals surface area contributed by atoms with Crippen molar-refractivity contribution in [2.24, 2.45) is 0 Å². The molecule has 3 rings (SSSR count). The molecular weight excluding hydrogens is 273 g/mol. The predicted molar refractivity (Wildman–Crippen MR) is 74.0 cm³/mol. The summed E-state index contributed by atoms with van der Waals surface area (Å²) in [7, 11) is 0. The Labute approximate surface area is 119 Å². The van der Waals surface area contributed by atoms with Crippen LogP contribution in [0.3, 0.4) is 0 Å². The van der Waals surface area contributed by atoms with Crippen LogP contribution in [0.5, 0.6) is 0 Å². The van der Waals surface area contributed by atoms with E-state index in [0.717, 1.165) is 0 Å². The maximum Gasteiger partial charge on any atom is 0.252 e. The smallest absolute Gasteiger partial charge is 0.252 e. The summed E-state index contributed by atoms with van der Waals surface area (Å²) in [5.74, 6) is -0.286. The minimum Gasteiger partial charge on any atom is -0.342 e. The Kier molecular flexibility index (Phi) is 3.31. The highest BCUT2D eigenvalue weighted by molar-refractivity contribution is 6.07. The zero-order chi connectivity index (χ0) is 14.8. The lowest BCUT2D eigenvalue weighted by molar-refractivity contribution is 0.0940. The van der Waals surface area contributed by atoms with Crippen molar-refractivity contribution in [3.8, 4) is 0 Å². The fourth-order valence-electron chi connectivity index (χ4n) is 2.15. The van der Waals surface area contributed by atoms with Gasteiger partial charge in [-0.15, -0.1) is 10.2 Å². The van der Waals surface area contributed by atoms with Crippen molar-refractivity contribution in [1.82, 2.24) is 25.9 Å². The molecule has 7 heteroatoms. The summed E-state index contributed by atoms with van der Waals surface area (Å²) < 4.78 is 13.8. The molecule has 0 saturated heterocycles. The molecule has 0 bridgehead atoms. The van der Waals surface area contributed by atoms with Crippen LogP contribution >= 0.6 is 0 Å². The Morgan fingerprint density at radius 1 is 1.24 bits per heavy atom. The quantitative estimate of drug-likeness (QED) is 0.770. The Hall–Kier alpha value is -2.83. The standard InChI is InChI=1S/C14H12FN5O/c1-8(13-17-19-20-18-13)16-14(21)11-6-7-12(15)10-5-3-2-4-9(10)11/h2-8H,1H3,(H,16,21)(H,17,18,19,20). The number of benzene rings is 2. The fraction of sp³-hybridized carbons (Fsp3) is 0.143. The van der Waals surface area contributed by atoms with Crippen molar-refractivity contribution in [3.05, 3.63) is 53.6 Å². The summed E-state index contributed by atoms with van der Waals surface area (Å²) in [4.78, 5) is 12.4. The van der Waals surface area contributed by atoms with E-state index in [9.17, 15) is 9.18 Å². The highest BCUT2D eigenvalue weighted by Gasteiger charge is 2.17. The van der Waals surface area contributed by atoms with Crippen molar-refractivity contribution in [2.75, 3.05) is 0 Å². The van der Waals surface area contributed by atoms with Crippen LogP contribution in [0.25, 0.3) is 10.8 Å². The lowest BCUT2D eigenvalue weighted by atomic mass is 10.0. The zero-order valence-corrected chi connectivity index (χ0v) is 11.2. The van der Waals surface area contributed by atoms with Crippen molar-refractivity contribution < 1.29 is 9.18 Å². The third-order valence-electron chi connectivity index (χ3n) is 3.21. The summed E-state index contributed by atoms with van der Waals surface area (Å²) in [6.45, 7) is 1.74. The molecule has 0 radical (unpaired) electrons. The minimum absolute atomic E-state index is 0.316. The van der Waals surface area contributed by atoms with E-state index >= 15 is 0 Å². The molecule has 1 atom stereocenters. The molecule has 1 unspecified atom stereocenters. The number of hydrogen-bond acceptors (Lipinski definition) is 4. The van der Waals surface area contributed by atoms with Crippen molar-refractivity contribution in [1.29, 1.82) is 0 Å². The van der Waals surface area contributed by atoms with E-state index in [1.807, 2.05) is 0 Å². The van der Waals surface area contributed by atoms with E-state index < -0.39 is 6.04 Å². The van der Waals surface area contributed by atoms with Crippen LogP contribution in [-0.4, -0.2) is 26.5 Å².